The van der Waals surface area contributed by atoms with Gasteiger partial charge in [-0.25, -0.2) is 13.1 Å². The number of carboxylic acids is 1. The van der Waals surface area contributed by atoms with Gasteiger partial charge in [0.05, 0.1) is 17.0 Å². The van der Waals surface area contributed by atoms with Crippen LogP contribution >= 0.6 is 0 Å². The van der Waals surface area contributed by atoms with Gasteiger partial charge in [-0.2, -0.15) is 0 Å². The minimum Gasteiger partial charge on any atom is -0.481 e. The van der Waals surface area contributed by atoms with Gasteiger partial charge in [0, 0.05) is 5.92 Å². The lowest BCUT2D eigenvalue weighted by Crippen LogP contribution is -2.52. The van der Waals surface area contributed by atoms with Gasteiger partial charge >= 0.3 is 5.97 Å². The number of carbonyl (C=O) groups is 1. The van der Waals surface area contributed by atoms with Crippen LogP contribution in [-0.4, -0.2) is 30.7 Å². The lowest BCUT2D eigenvalue weighted by Gasteiger charge is -2.42. The molecule has 4 rings (SSSR count). The van der Waals surface area contributed by atoms with Crippen LogP contribution in [0.2, 0.25) is 0 Å². The SMILES string of the molecule is Cc1ccc(S(=O)(=O)N[C@H]2c3ccccc3C[C@H]2[C@@](CC(C)C)(C(=O)O)[C@H](O)C=Cc2ccccc2)cc1. The summed E-state index contributed by atoms with van der Waals surface area (Å²) in [6, 6.07) is 22.5. The van der Waals surface area contributed by atoms with Crippen molar-refractivity contribution in [2.45, 2.75) is 50.7 Å². The summed E-state index contributed by atoms with van der Waals surface area (Å²) in [6.07, 6.45) is 2.39. The van der Waals surface area contributed by atoms with Crippen molar-refractivity contribution in [2.75, 3.05) is 0 Å². The van der Waals surface area contributed by atoms with E-state index in [-0.39, 0.29) is 17.2 Å². The number of aliphatic hydroxyl groups is 1. The van der Waals surface area contributed by atoms with Crippen LogP contribution in [0.15, 0.2) is 89.8 Å². The van der Waals surface area contributed by atoms with Gasteiger partial charge in [0.2, 0.25) is 10.0 Å². The third-order valence-corrected chi connectivity index (χ3v) is 8.91. The molecule has 4 atom stereocenters. The Labute approximate surface area is 225 Å². The highest BCUT2D eigenvalue weighted by molar-refractivity contribution is 7.89. The average molecular weight is 534 g/mol. The maximum Gasteiger partial charge on any atom is 0.312 e. The lowest BCUT2D eigenvalue weighted by atomic mass is 9.64. The van der Waals surface area contributed by atoms with E-state index in [4.69, 9.17) is 0 Å². The van der Waals surface area contributed by atoms with E-state index in [2.05, 4.69) is 4.72 Å². The number of hydrogen-bond acceptors (Lipinski definition) is 4. The predicted molar refractivity (Wildman–Crippen MR) is 149 cm³/mol. The molecule has 1 aliphatic rings. The van der Waals surface area contributed by atoms with Crippen molar-refractivity contribution in [3.8, 4) is 0 Å². The van der Waals surface area contributed by atoms with E-state index in [1.165, 1.54) is 6.08 Å². The standard InChI is InChI=1S/C31H35NO5S/c1-21(2)20-31(30(34)35,28(33)18-15-23-9-5-4-6-10-23)27-19-24-11-7-8-12-26(24)29(27)32-38(36,37)25-16-13-22(3)14-17-25/h4-18,21,27-29,32-33H,19-20H2,1-3H3,(H,34,35)/t27-,28-,29+,31-/m1/s1. The van der Waals surface area contributed by atoms with Crippen molar-refractivity contribution in [1.29, 1.82) is 0 Å². The molecule has 3 aromatic carbocycles. The number of carboxylic acid groups (broad SMARTS) is 1. The molecule has 0 heterocycles. The molecule has 0 saturated carbocycles. The summed E-state index contributed by atoms with van der Waals surface area (Å²) in [5.41, 5.74) is 1.74. The van der Waals surface area contributed by atoms with Crippen molar-refractivity contribution in [1.82, 2.24) is 4.72 Å². The van der Waals surface area contributed by atoms with Gasteiger partial charge in [-0.05, 0) is 54.5 Å². The van der Waals surface area contributed by atoms with E-state index in [0.29, 0.717) is 6.42 Å². The Kier molecular flexibility index (Phi) is 8.21. The van der Waals surface area contributed by atoms with Gasteiger partial charge in [0.1, 0.15) is 5.41 Å². The van der Waals surface area contributed by atoms with Crippen molar-refractivity contribution in [3.05, 3.63) is 107 Å². The molecule has 3 aromatic rings. The maximum absolute atomic E-state index is 13.5. The van der Waals surface area contributed by atoms with E-state index in [1.807, 2.05) is 75.4 Å². The molecule has 1 aliphatic carbocycles. The van der Waals surface area contributed by atoms with Gasteiger partial charge < -0.3 is 10.2 Å². The Morgan fingerprint density at radius 1 is 1.03 bits per heavy atom. The van der Waals surface area contributed by atoms with Crippen LogP contribution in [0.5, 0.6) is 0 Å². The third kappa shape index (κ3) is 5.60. The molecule has 0 fully saturated rings. The topological polar surface area (TPSA) is 104 Å². The molecular weight excluding hydrogens is 498 g/mol. The highest BCUT2D eigenvalue weighted by atomic mass is 32.2. The third-order valence-electron chi connectivity index (χ3n) is 7.45. The second-order valence-corrected chi connectivity index (χ2v) is 12.3. The minimum atomic E-state index is -3.97. The first-order valence-electron chi connectivity index (χ1n) is 12.9. The van der Waals surface area contributed by atoms with Crippen molar-refractivity contribution in [3.63, 3.8) is 0 Å². The molecule has 0 aromatic heterocycles. The molecule has 0 bridgehead atoms. The zero-order valence-corrected chi connectivity index (χ0v) is 22.7. The maximum atomic E-state index is 13.5. The molecule has 3 N–H and O–H groups in total. The van der Waals surface area contributed by atoms with Crippen LogP contribution in [0.4, 0.5) is 0 Å². The molecule has 0 unspecified atom stereocenters. The number of aliphatic hydroxyl groups excluding tert-OH is 1. The fourth-order valence-electron chi connectivity index (χ4n) is 5.65. The summed E-state index contributed by atoms with van der Waals surface area (Å²) in [5.74, 6) is -1.94. The van der Waals surface area contributed by atoms with Gasteiger partial charge in [0.25, 0.3) is 0 Å². The number of rotatable bonds is 10. The number of sulfonamides is 1. The normalized spacial score (nSPS) is 19.8. The molecule has 200 valence electrons. The fourth-order valence-corrected chi connectivity index (χ4v) is 6.91. The van der Waals surface area contributed by atoms with Crippen molar-refractivity contribution in [2.24, 2.45) is 17.3 Å². The molecule has 0 amide bonds. The van der Waals surface area contributed by atoms with Crippen LogP contribution < -0.4 is 4.72 Å². The molecule has 0 spiro atoms. The fraction of sp³-hybridized carbons (Fsp3) is 0.323. The summed E-state index contributed by atoms with van der Waals surface area (Å²) in [7, 11) is -3.97. The van der Waals surface area contributed by atoms with Crippen LogP contribution in [0.25, 0.3) is 6.08 Å². The Hall–Kier alpha value is -3.26. The first-order valence-corrected chi connectivity index (χ1v) is 14.3. The summed E-state index contributed by atoms with van der Waals surface area (Å²) >= 11 is 0. The van der Waals surface area contributed by atoms with Crippen molar-refractivity contribution < 1.29 is 23.4 Å². The van der Waals surface area contributed by atoms with Crippen LogP contribution in [-0.2, 0) is 21.2 Å². The summed E-state index contributed by atoms with van der Waals surface area (Å²) in [5, 5.41) is 22.4. The summed E-state index contributed by atoms with van der Waals surface area (Å²) in [6.45, 7) is 5.71. The molecular formula is C31H35NO5S. The Bertz CT molecular complexity index is 1400. The minimum absolute atomic E-state index is 0.0658. The Morgan fingerprint density at radius 3 is 2.29 bits per heavy atom. The van der Waals surface area contributed by atoms with Crippen LogP contribution in [0, 0.1) is 24.2 Å². The van der Waals surface area contributed by atoms with E-state index >= 15 is 0 Å². The van der Waals surface area contributed by atoms with E-state index in [1.54, 1.807) is 30.3 Å². The molecule has 0 saturated heterocycles. The number of nitrogens with one attached hydrogen (secondary N) is 1. The number of aliphatic carboxylic acids is 1. The van der Waals surface area contributed by atoms with E-state index in [0.717, 1.165) is 22.3 Å². The molecule has 7 heteroatoms. The molecule has 38 heavy (non-hydrogen) atoms. The predicted octanol–water partition coefficient (Wildman–Crippen LogP) is 5.38. The van der Waals surface area contributed by atoms with Gasteiger partial charge in [-0.3, -0.25) is 4.79 Å². The van der Waals surface area contributed by atoms with Gasteiger partial charge in [0.15, 0.2) is 0 Å². The average Bonchev–Trinajstić information content (AvgIpc) is 3.24. The van der Waals surface area contributed by atoms with Crippen LogP contribution in [0.3, 0.4) is 0 Å². The highest BCUT2D eigenvalue weighted by Crippen LogP contribution is 2.51. The smallest absolute Gasteiger partial charge is 0.312 e. The highest BCUT2D eigenvalue weighted by Gasteiger charge is 2.56. The second kappa shape index (κ2) is 11.2. The zero-order chi connectivity index (χ0) is 27.5. The number of hydrogen-bond donors (Lipinski definition) is 3. The first-order chi connectivity index (χ1) is 18.0. The number of aryl methyl sites for hydroxylation is 1. The molecule has 0 aliphatic heterocycles. The first kappa shape index (κ1) is 27.8. The number of benzene rings is 3. The monoisotopic (exact) mass is 533 g/mol. The summed E-state index contributed by atoms with van der Waals surface area (Å²) < 4.78 is 29.9. The molecule has 6 nitrogen and oxygen atoms in total. The Morgan fingerprint density at radius 2 is 1.66 bits per heavy atom. The Balaban J connectivity index is 1.81. The van der Waals surface area contributed by atoms with Gasteiger partial charge in [-0.1, -0.05) is 98.3 Å². The second-order valence-electron chi connectivity index (χ2n) is 10.6. The largest absolute Gasteiger partial charge is 0.481 e. The summed E-state index contributed by atoms with van der Waals surface area (Å²) in [4.78, 5) is 13.3. The van der Waals surface area contributed by atoms with E-state index < -0.39 is 39.5 Å². The number of fused-ring (bicyclic) bond motifs is 1. The van der Waals surface area contributed by atoms with Crippen LogP contribution in [0.1, 0.15) is 48.6 Å². The zero-order valence-electron chi connectivity index (χ0n) is 21.9. The van der Waals surface area contributed by atoms with Gasteiger partial charge in [-0.15, -0.1) is 0 Å². The van der Waals surface area contributed by atoms with Crippen molar-refractivity contribution >= 4 is 22.1 Å². The quantitative estimate of drug-likeness (QED) is 0.325. The molecule has 0 radical (unpaired) electrons. The van der Waals surface area contributed by atoms with E-state index in [9.17, 15) is 23.4 Å². The lowest BCUT2D eigenvalue weighted by molar-refractivity contribution is -0.163.